The van der Waals surface area contributed by atoms with Crippen molar-refractivity contribution < 1.29 is 9.13 Å². The van der Waals surface area contributed by atoms with Crippen LogP contribution < -0.4 is 0 Å². The second-order valence-electron chi connectivity index (χ2n) is 2.67. The number of rotatable bonds is 2. The summed E-state index contributed by atoms with van der Waals surface area (Å²) in [5.41, 5.74) is 0.261. The molecule has 0 fully saturated rings. The Balaban J connectivity index is 2.65. The van der Waals surface area contributed by atoms with Crippen LogP contribution in [-0.2, 0) is 4.74 Å². The summed E-state index contributed by atoms with van der Waals surface area (Å²) in [4.78, 5) is 0. The van der Waals surface area contributed by atoms with Gasteiger partial charge in [-0.15, -0.1) is 0 Å². The normalized spacial score (nSPS) is 13.3. The fourth-order valence-electron chi connectivity index (χ4n) is 0.843. The molecule has 0 aliphatic carbocycles. The Morgan fingerprint density at radius 2 is 1.80 bits per heavy atom. The fraction of sp³-hybridized carbons (Fsp3) is 0.222. The SMILES string of the molecule is N=C(OC(F)c1ccccc1)C(Cl)(Cl)Cl. The molecule has 0 amide bonds. The number of ether oxygens (including phenoxy) is 1. The van der Waals surface area contributed by atoms with Crippen LogP contribution in [0.3, 0.4) is 0 Å². The van der Waals surface area contributed by atoms with E-state index in [9.17, 15) is 4.39 Å². The van der Waals surface area contributed by atoms with Crippen LogP contribution >= 0.6 is 34.8 Å². The lowest BCUT2D eigenvalue weighted by Crippen LogP contribution is -2.22. The maximum Gasteiger partial charge on any atom is 0.265 e. The highest BCUT2D eigenvalue weighted by Gasteiger charge is 2.31. The topological polar surface area (TPSA) is 33.1 Å². The summed E-state index contributed by atoms with van der Waals surface area (Å²) in [5.74, 6) is -0.746. The van der Waals surface area contributed by atoms with Gasteiger partial charge in [-0.3, -0.25) is 5.41 Å². The van der Waals surface area contributed by atoms with E-state index >= 15 is 0 Å². The van der Waals surface area contributed by atoms with Gasteiger partial charge in [-0.1, -0.05) is 65.1 Å². The van der Waals surface area contributed by atoms with Gasteiger partial charge in [-0.05, 0) is 0 Å². The summed E-state index contributed by atoms with van der Waals surface area (Å²) >= 11 is 16.0. The Labute approximate surface area is 101 Å². The van der Waals surface area contributed by atoms with Crippen molar-refractivity contribution in [1.29, 1.82) is 5.41 Å². The molecule has 1 atom stereocenters. The highest BCUT2D eigenvalue weighted by Crippen LogP contribution is 2.31. The first-order valence-electron chi connectivity index (χ1n) is 3.92. The van der Waals surface area contributed by atoms with Crippen LogP contribution in [0.15, 0.2) is 30.3 Å². The lowest BCUT2D eigenvalue weighted by molar-refractivity contribution is 0.0515. The number of benzene rings is 1. The number of nitrogens with one attached hydrogen (secondary N) is 1. The molecule has 1 rings (SSSR count). The van der Waals surface area contributed by atoms with Crippen molar-refractivity contribution in [3.05, 3.63) is 35.9 Å². The lowest BCUT2D eigenvalue weighted by Gasteiger charge is -2.16. The molecule has 0 bridgehead atoms. The average molecular weight is 271 g/mol. The molecule has 0 heterocycles. The first-order valence-corrected chi connectivity index (χ1v) is 5.06. The van der Waals surface area contributed by atoms with Crippen molar-refractivity contribution in [1.82, 2.24) is 0 Å². The van der Waals surface area contributed by atoms with E-state index in [1.165, 1.54) is 12.1 Å². The molecular formula is C9H7Cl3FNO. The average Bonchev–Trinajstić information content (AvgIpc) is 2.17. The quantitative estimate of drug-likeness (QED) is 0.491. The van der Waals surface area contributed by atoms with E-state index in [0.29, 0.717) is 0 Å². The molecule has 0 aromatic heterocycles. The molecule has 0 saturated heterocycles. The summed E-state index contributed by atoms with van der Waals surface area (Å²) in [6.45, 7) is 0. The van der Waals surface area contributed by atoms with Crippen LogP contribution in [0.25, 0.3) is 0 Å². The number of hydrogen-bond donors (Lipinski definition) is 1. The largest absolute Gasteiger partial charge is 0.439 e. The zero-order valence-corrected chi connectivity index (χ0v) is 9.65. The fourth-order valence-corrected chi connectivity index (χ4v) is 0.976. The number of hydrogen-bond acceptors (Lipinski definition) is 2. The molecular weight excluding hydrogens is 263 g/mol. The lowest BCUT2D eigenvalue weighted by atomic mass is 10.2. The Bertz CT molecular complexity index is 339. The highest BCUT2D eigenvalue weighted by molar-refractivity contribution is 6.76. The summed E-state index contributed by atoms with van der Waals surface area (Å²) in [5, 5.41) is 7.16. The molecule has 82 valence electrons. The van der Waals surface area contributed by atoms with Crippen LogP contribution in [0.5, 0.6) is 0 Å². The third-order valence-electron chi connectivity index (χ3n) is 1.54. The van der Waals surface area contributed by atoms with E-state index in [-0.39, 0.29) is 5.56 Å². The van der Waals surface area contributed by atoms with Crippen molar-refractivity contribution >= 4 is 40.7 Å². The van der Waals surface area contributed by atoms with Gasteiger partial charge < -0.3 is 4.74 Å². The van der Waals surface area contributed by atoms with E-state index in [4.69, 9.17) is 40.2 Å². The second kappa shape index (κ2) is 5.01. The Morgan fingerprint density at radius 1 is 1.27 bits per heavy atom. The van der Waals surface area contributed by atoms with Crippen LogP contribution in [0.1, 0.15) is 11.9 Å². The number of halogens is 4. The van der Waals surface area contributed by atoms with Gasteiger partial charge in [0.1, 0.15) is 0 Å². The van der Waals surface area contributed by atoms with Crippen molar-refractivity contribution in [2.45, 2.75) is 10.2 Å². The van der Waals surface area contributed by atoms with Crippen LogP contribution in [0.4, 0.5) is 4.39 Å². The molecule has 15 heavy (non-hydrogen) atoms. The van der Waals surface area contributed by atoms with E-state index in [0.717, 1.165) is 0 Å². The first kappa shape index (κ1) is 12.6. The molecule has 1 unspecified atom stereocenters. The molecule has 0 radical (unpaired) electrons. The molecule has 1 aromatic rings. The molecule has 0 aliphatic heterocycles. The molecule has 2 nitrogen and oxygen atoms in total. The molecule has 1 aromatic carbocycles. The predicted molar refractivity (Wildman–Crippen MR) is 59.4 cm³/mol. The van der Waals surface area contributed by atoms with E-state index in [1.54, 1.807) is 18.2 Å². The van der Waals surface area contributed by atoms with Crippen LogP contribution in [0.2, 0.25) is 0 Å². The summed E-state index contributed by atoms with van der Waals surface area (Å²) < 4.78 is 15.9. The van der Waals surface area contributed by atoms with Gasteiger partial charge >= 0.3 is 0 Å². The first-order chi connectivity index (χ1) is 6.91. The minimum atomic E-state index is -2.04. The van der Waals surface area contributed by atoms with Gasteiger partial charge in [0.05, 0.1) is 0 Å². The van der Waals surface area contributed by atoms with Gasteiger partial charge in [0.2, 0.25) is 5.90 Å². The molecule has 0 aliphatic rings. The van der Waals surface area contributed by atoms with E-state index < -0.39 is 16.0 Å². The standard InChI is InChI=1S/C9H7Cl3FNO/c10-9(11,12)8(14)15-7(13)6-4-2-1-3-5-6/h1-5,7,14H. The second-order valence-corrected chi connectivity index (χ2v) is 4.95. The van der Waals surface area contributed by atoms with Gasteiger partial charge in [-0.2, -0.15) is 4.39 Å². The van der Waals surface area contributed by atoms with Crippen molar-refractivity contribution in [2.24, 2.45) is 0 Å². The molecule has 0 spiro atoms. The molecule has 0 saturated carbocycles. The number of alkyl halides is 4. The zero-order valence-electron chi connectivity index (χ0n) is 7.38. The van der Waals surface area contributed by atoms with Gasteiger partial charge in [-0.25, -0.2) is 0 Å². The maximum atomic E-state index is 13.4. The maximum absolute atomic E-state index is 13.4. The zero-order chi connectivity index (χ0) is 11.5. The smallest absolute Gasteiger partial charge is 0.265 e. The summed E-state index contributed by atoms with van der Waals surface area (Å²) in [7, 11) is 0. The minimum Gasteiger partial charge on any atom is -0.439 e. The predicted octanol–water partition coefficient (Wildman–Crippen LogP) is 4.02. The summed E-state index contributed by atoms with van der Waals surface area (Å²) in [6.07, 6.45) is -1.81. The molecule has 6 heteroatoms. The summed E-state index contributed by atoms with van der Waals surface area (Å²) in [6, 6.07) is 8.04. The van der Waals surface area contributed by atoms with Crippen molar-refractivity contribution in [2.75, 3.05) is 0 Å². The third-order valence-corrected chi connectivity index (χ3v) is 2.06. The van der Waals surface area contributed by atoms with E-state index in [2.05, 4.69) is 4.74 Å². The van der Waals surface area contributed by atoms with Gasteiger partial charge in [0.25, 0.3) is 10.2 Å². The monoisotopic (exact) mass is 269 g/mol. The molecule has 1 N–H and O–H groups in total. The third kappa shape index (κ3) is 3.86. The van der Waals surface area contributed by atoms with Gasteiger partial charge in [0.15, 0.2) is 0 Å². The minimum absolute atomic E-state index is 0.261. The highest BCUT2D eigenvalue weighted by atomic mass is 35.6. The Morgan fingerprint density at radius 3 is 2.27 bits per heavy atom. The van der Waals surface area contributed by atoms with Crippen LogP contribution in [-0.4, -0.2) is 9.69 Å². The Hall–Kier alpha value is -0.510. The van der Waals surface area contributed by atoms with Crippen LogP contribution in [0, 0.1) is 5.41 Å². The van der Waals surface area contributed by atoms with Crippen molar-refractivity contribution in [3.63, 3.8) is 0 Å². The van der Waals surface area contributed by atoms with Crippen molar-refractivity contribution in [3.8, 4) is 0 Å². The Kier molecular flexibility index (Phi) is 4.20. The van der Waals surface area contributed by atoms with E-state index in [1.807, 2.05) is 0 Å². The van der Waals surface area contributed by atoms with Gasteiger partial charge in [0, 0.05) is 5.56 Å².